The zero-order chi connectivity index (χ0) is 16.8. The van der Waals surface area contributed by atoms with Crippen molar-refractivity contribution in [2.75, 3.05) is 0 Å². The van der Waals surface area contributed by atoms with E-state index in [9.17, 15) is 0 Å². The van der Waals surface area contributed by atoms with E-state index >= 15 is 0 Å². The number of aromatic nitrogens is 2. The molecule has 0 aliphatic heterocycles. The molecule has 0 radical (unpaired) electrons. The van der Waals surface area contributed by atoms with Gasteiger partial charge in [0.25, 0.3) is 0 Å². The Bertz CT molecular complexity index is 576. The van der Waals surface area contributed by atoms with E-state index in [0.717, 1.165) is 21.8 Å². The Labute approximate surface area is 135 Å². The lowest BCUT2D eigenvalue weighted by molar-refractivity contribution is 0.886. The van der Waals surface area contributed by atoms with Crippen LogP contribution in [0.25, 0.3) is 21.8 Å². The summed E-state index contributed by atoms with van der Waals surface area (Å²) >= 11 is 0. The summed E-state index contributed by atoms with van der Waals surface area (Å²) in [6.07, 6.45) is 6.24. The maximum Gasteiger partial charge on any atom is 0.0964 e. The average Bonchev–Trinajstić information content (AvgIpc) is 2.65. The van der Waals surface area contributed by atoms with Crippen LogP contribution >= 0.6 is 0 Å². The van der Waals surface area contributed by atoms with Gasteiger partial charge in [0.2, 0.25) is 0 Å². The van der Waals surface area contributed by atoms with Crippen molar-refractivity contribution in [2.24, 2.45) is 0 Å². The van der Waals surface area contributed by atoms with E-state index in [1.54, 1.807) is 12.4 Å². The molecule has 2 nitrogen and oxygen atoms in total. The Hall–Kier alpha value is -1.96. The zero-order valence-electron chi connectivity index (χ0n) is 14.9. The summed E-state index contributed by atoms with van der Waals surface area (Å²) in [6, 6.07) is 12.1. The van der Waals surface area contributed by atoms with Crippen LogP contribution in [0.1, 0.15) is 54.4 Å². The highest BCUT2D eigenvalue weighted by Gasteiger charge is 2.00. The van der Waals surface area contributed by atoms with E-state index in [2.05, 4.69) is 48.1 Å². The van der Waals surface area contributed by atoms with Gasteiger partial charge in [-0.15, -0.1) is 0 Å². The van der Waals surface area contributed by atoms with E-state index in [-0.39, 0.29) is 0 Å². The topological polar surface area (TPSA) is 25.8 Å². The molecule has 1 aromatic carbocycles. The molecule has 0 aliphatic carbocycles. The van der Waals surface area contributed by atoms with Crippen molar-refractivity contribution in [2.45, 2.75) is 54.4 Å². The normalized spacial score (nSPS) is 8.82. The fourth-order valence-corrected chi connectivity index (χ4v) is 1.68. The fourth-order valence-electron chi connectivity index (χ4n) is 1.68. The monoisotopic (exact) mass is 298 g/mol. The Morgan fingerprint density at radius 2 is 1.00 bits per heavy atom. The first-order valence-corrected chi connectivity index (χ1v) is 8.45. The Morgan fingerprint density at radius 3 is 1.32 bits per heavy atom. The van der Waals surface area contributed by atoms with E-state index < -0.39 is 0 Å². The first kappa shape index (κ1) is 20.0. The van der Waals surface area contributed by atoms with Gasteiger partial charge in [-0.3, -0.25) is 9.97 Å². The van der Waals surface area contributed by atoms with E-state index in [1.165, 1.54) is 12.8 Å². The molecule has 0 saturated heterocycles. The van der Waals surface area contributed by atoms with E-state index in [1.807, 2.05) is 39.8 Å². The maximum absolute atomic E-state index is 4.35. The van der Waals surface area contributed by atoms with Crippen LogP contribution in [-0.2, 0) is 0 Å². The highest BCUT2D eigenvalue weighted by molar-refractivity contribution is 6.02. The fraction of sp³-hybridized carbons (Fsp3) is 0.400. The molecule has 3 rings (SSSR count). The minimum Gasteiger partial charge on any atom is -0.254 e. The van der Waals surface area contributed by atoms with Crippen LogP contribution in [0.3, 0.4) is 0 Å². The lowest BCUT2D eigenvalue weighted by atomic mass is 10.1. The molecule has 0 aliphatic rings. The highest BCUT2D eigenvalue weighted by atomic mass is 14.7. The van der Waals surface area contributed by atoms with Crippen LogP contribution < -0.4 is 0 Å². The number of unbranched alkanes of at least 4 members (excludes halogenated alkanes) is 1. The third kappa shape index (κ3) is 5.80. The quantitative estimate of drug-likeness (QED) is 0.470. The van der Waals surface area contributed by atoms with Crippen LogP contribution in [0.4, 0.5) is 0 Å². The third-order valence-electron chi connectivity index (χ3n) is 2.84. The second kappa shape index (κ2) is 12.8. The number of hydrogen-bond donors (Lipinski definition) is 0. The minimum atomic E-state index is 0.977. The predicted octanol–water partition coefficient (Wildman–Crippen LogP) is 6.64. The first-order chi connectivity index (χ1) is 10.9. The van der Waals surface area contributed by atoms with Crippen LogP contribution in [0.15, 0.2) is 48.8 Å². The summed E-state index contributed by atoms with van der Waals surface area (Å²) in [4.78, 5) is 8.69. The smallest absolute Gasteiger partial charge is 0.0964 e. The molecule has 0 fully saturated rings. The molecular formula is C20H30N2. The number of hydrogen-bond acceptors (Lipinski definition) is 2. The van der Waals surface area contributed by atoms with Crippen molar-refractivity contribution in [3.05, 3.63) is 48.8 Å². The standard InChI is InChI=1S/C12H8N2.C4H10.2C2H6/c1-3-9-5-6-10-4-2-8-14-12(10)11(9)13-7-1;1-3-4-2;2*1-2/h1-8H;3-4H2,1-2H3;2*1-2H3. The molecule has 22 heavy (non-hydrogen) atoms. The minimum absolute atomic E-state index is 0.977. The molecule has 3 aromatic rings. The molecule has 0 saturated carbocycles. The zero-order valence-corrected chi connectivity index (χ0v) is 14.9. The molecule has 0 N–H and O–H groups in total. The van der Waals surface area contributed by atoms with Crippen LogP contribution in [-0.4, -0.2) is 9.97 Å². The van der Waals surface area contributed by atoms with Crippen LogP contribution in [0.5, 0.6) is 0 Å². The van der Waals surface area contributed by atoms with Crippen molar-refractivity contribution in [1.29, 1.82) is 0 Å². The number of nitrogens with zero attached hydrogens (tertiary/aromatic N) is 2. The SMILES string of the molecule is CC.CC.CCCC.c1cnc2c(c1)ccc1cccnc12. The first-order valence-electron chi connectivity index (χ1n) is 8.45. The summed E-state index contributed by atoms with van der Waals surface area (Å²) in [6.45, 7) is 12.4. The summed E-state index contributed by atoms with van der Waals surface area (Å²) in [5, 5.41) is 2.28. The Morgan fingerprint density at radius 1 is 0.636 bits per heavy atom. The Kier molecular flexibility index (Phi) is 11.6. The molecule has 0 spiro atoms. The van der Waals surface area contributed by atoms with Gasteiger partial charge >= 0.3 is 0 Å². The highest BCUT2D eigenvalue weighted by Crippen LogP contribution is 2.20. The Balaban J connectivity index is 0.000000476. The van der Waals surface area contributed by atoms with Gasteiger partial charge in [0, 0.05) is 23.2 Å². The van der Waals surface area contributed by atoms with Crippen molar-refractivity contribution in [1.82, 2.24) is 9.97 Å². The van der Waals surface area contributed by atoms with Crippen LogP contribution in [0, 0.1) is 0 Å². The van der Waals surface area contributed by atoms with E-state index in [4.69, 9.17) is 0 Å². The van der Waals surface area contributed by atoms with Gasteiger partial charge in [-0.25, -0.2) is 0 Å². The van der Waals surface area contributed by atoms with Gasteiger partial charge in [0.1, 0.15) is 0 Å². The largest absolute Gasteiger partial charge is 0.254 e. The molecule has 0 bridgehead atoms. The molecule has 2 heterocycles. The number of rotatable bonds is 1. The number of benzene rings is 1. The van der Waals surface area contributed by atoms with Crippen LogP contribution in [0.2, 0.25) is 0 Å². The summed E-state index contributed by atoms with van der Waals surface area (Å²) in [5.41, 5.74) is 1.95. The molecular weight excluding hydrogens is 268 g/mol. The summed E-state index contributed by atoms with van der Waals surface area (Å²) < 4.78 is 0. The van der Waals surface area contributed by atoms with Crippen molar-refractivity contribution in [3.63, 3.8) is 0 Å². The van der Waals surface area contributed by atoms with E-state index in [0.29, 0.717) is 0 Å². The lowest BCUT2D eigenvalue weighted by Crippen LogP contribution is -1.83. The van der Waals surface area contributed by atoms with Gasteiger partial charge < -0.3 is 0 Å². The molecule has 2 heteroatoms. The van der Waals surface area contributed by atoms with Crippen molar-refractivity contribution in [3.8, 4) is 0 Å². The molecule has 0 unspecified atom stereocenters. The maximum atomic E-state index is 4.35. The predicted molar refractivity (Wildman–Crippen MR) is 100 cm³/mol. The second-order valence-electron chi connectivity index (χ2n) is 4.22. The number of pyridine rings is 2. The van der Waals surface area contributed by atoms with Gasteiger partial charge in [-0.05, 0) is 12.1 Å². The van der Waals surface area contributed by atoms with Gasteiger partial charge in [0.05, 0.1) is 11.0 Å². The van der Waals surface area contributed by atoms with Crippen molar-refractivity contribution >= 4 is 21.8 Å². The lowest BCUT2D eigenvalue weighted by Gasteiger charge is -2.00. The van der Waals surface area contributed by atoms with Gasteiger partial charge in [-0.1, -0.05) is 78.6 Å². The average molecular weight is 298 g/mol. The molecule has 2 aromatic heterocycles. The van der Waals surface area contributed by atoms with Gasteiger partial charge in [0.15, 0.2) is 0 Å². The molecule has 0 atom stereocenters. The summed E-state index contributed by atoms with van der Waals surface area (Å²) in [7, 11) is 0. The molecule has 120 valence electrons. The van der Waals surface area contributed by atoms with Gasteiger partial charge in [-0.2, -0.15) is 0 Å². The second-order valence-corrected chi connectivity index (χ2v) is 4.22. The van der Waals surface area contributed by atoms with Crippen molar-refractivity contribution < 1.29 is 0 Å². The third-order valence-corrected chi connectivity index (χ3v) is 2.84. The summed E-state index contributed by atoms with van der Waals surface area (Å²) in [5.74, 6) is 0. The molecule has 0 amide bonds. The number of fused-ring (bicyclic) bond motifs is 3.